The van der Waals surface area contributed by atoms with Gasteiger partial charge in [-0.15, -0.1) is 10.2 Å². The number of para-hydroxylation sites is 1. The molecule has 0 aliphatic rings. The SMILES string of the molecule is Cn1c(SCC(=O)Nc2ccccc2Cl)nnc1-c1ccc(Br)o1. The molecule has 2 heterocycles. The second-order valence-electron chi connectivity index (χ2n) is 4.79. The van der Waals surface area contributed by atoms with Gasteiger partial charge in [-0.2, -0.15) is 0 Å². The van der Waals surface area contributed by atoms with E-state index in [1.165, 1.54) is 11.8 Å². The molecule has 0 saturated carbocycles. The van der Waals surface area contributed by atoms with Crippen molar-refractivity contribution in [3.63, 3.8) is 0 Å². The van der Waals surface area contributed by atoms with E-state index in [1.54, 1.807) is 34.9 Å². The second-order valence-corrected chi connectivity index (χ2v) is 6.92. The van der Waals surface area contributed by atoms with E-state index in [-0.39, 0.29) is 11.7 Å². The quantitative estimate of drug-likeness (QED) is 0.617. The number of anilines is 1. The molecule has 0 fully saturated rings. The number of carbonyl (C=O) groups excluding carboxylic acids is 1. The third-order valence-electron chi connectivity index (χ3n) is 3.11. The molecule has 0 atom stereocenters. The van der Waals surface area contributed by atoms with Gasteiger partial charge in [0.2, 0.25) is 5.91 Å². The number of amides is 1. The molecule has 124 valence electrons. The fourth-order valence-electron chi connectivity index (χ4n) is 1.97. The van der Waals surface area contributed by atoms with Gasteiger partial charge >= 0.3 is 0 Å². The van der Waals surface area contributed by atoms with Crippen molar-refractivity contribution in [2.45, 2.75) is 5.16 Å². The lowest BCUT2D eigenvalue weighted by Gasteiger charge is -2.06. The smallest absolute Gasteiger partial charge is 0.234 e. The minimum absolute atomic E-state index is 0.168. The molecule has 0 bridgehead atoms. The van der Waals surface area contributed by atoms with Crippen LogP contribution in [0.3, 0.4) is 0 Å². The number of benzene rings is 1. The largest absolute Gasteiger partial charge is 0.446 e. The van der Waals surface area contributed by atoms with Crippen LogP contribution in [0.15, 0.2) is 50.6 Å². The summed E-state index contributed by atoms with van der Waals surface area (Å²) in [6.07, 6.45) is 0. The van der Waals surface area contributed by atoms with Crippen molar-refractivity contribution in [3.05, 3.63) is 46.1 Å². The molecule has 0 unspecified atom stereocenters. The monoisotopic (exact) mass is 426 g/mol. The first kappa shape index (κ1) is 17.1. The second kappa shape index (κ2) is 7.42. The summed E-state index contributed by atoms with van der Waals surface area (Å²) in [5.41, 5.74) is 0.587. The lowest BCUT2D eigenvalue weighted by atomic mass is 10.3. The van der Waals surface area contributed by atoms with Gasteiger partial charge in [0.15, 0.2) is 21.4 Å². The standard InChI is InChI=1S/C15H12BrClN4O2S/c1-21-14(11-6-7-12(16)23-11)19-20-15(21)24-8-13(22)18-10-5-3-2-4-9(10)17/h2-7H,8H2,1H3,(H,18,22). The number of nitrogens with zero attached hydrogens (tertiary/aromatic N) is 3. The van der Waals surface area contributed by atoms with E-state index in [9.17, 15) is 4.79 Å². The van der Waals surface area contributed by atoms with Crippen LogP contribution in [-0.4, -0.2) is 26.4 Å². The number of furan rings is 1. The van der Waals surface area contributed by atoms with E-state index >= 15 is 0 Å². The maximum Gasteiger partial charge on any atom is 0.234 e. The first-order valence-corrected chi connectivity index (χ1v) is 9.02. The molecule has 1 N–H and O–H groups in total. The van der Waals surface area contributed by atoms with E-state index in [0.29, 0.717) is 32.1 Å². The van der Waals surface area contributed by atoms with Crippen molar-refractivity contribution < 1.29 is 9.21 Å². The first-order chi connectivity index (χ1) is 11.5. The zero-order valence-corrected chi connectivity index (χ0v) is 15.7. The van der Waals surface area contributed by atoms with Crippen LogP contribution in [0, 0.1) is 0 Å². The zero-order valence-electron chi connectivity index (χ0n) is 12.5. The third kappa shape index (κ3) is 3.82. The fourth-order valence-corrected chi connectivity index (χ4v) is 3.17. The topological polar surface area (TPSA) is 73.0 Å². The van der Waals surface area contributed by atoms with Gasteiger partial charge in [0.1, 0.15) is 0 Å². The lowest BCUT2D eigenvalue weighted by Crippen LogP contribution is -2.14. The highest BCUT2D eigenvalue weighted by Gasteiger charge is 2.15. The van der Waals surface area contributed by atoms with Gasteiger partial charge in [0.25, 0.3) is 0 Å². The Kier molecular flexibility index (Phi) is 5.27. The van der Waals surface area contributed by atoms with Gasteiger partial charge in [-0.3, -0.25) is 4.79 Å². The Morgan fingerprint density at radius 3 is 2.83 bits per heavy atom. The van der Waals surface area contributed by atoms with Crippen molar-refractivity contribution in [3.8, 4) is 11.6 Å². The Morgan fingerprint density at radius 1 is 1.33 bits per heavy atom. The molecule has 9 heteroatoms. The number of rotatable bonds is 5. The van der Waals surface area contributed by atoms with Crippen molar-refractivity contribution in [1.82, 2.24) is 14.8 Å². The highest BCUT2D eigenvalue weighted by Crippen LogP contribution is 2.26. The van der Waals surface area contributed by atoms with Crippen LogP contribution in [-0.2, 0) is 11.8 Å². The van der Waals surface area contributed by atoms with Crippen LogP contribution >= 0.6 is 39.3 Å². The molecule has 0 aliphatic carbocycles. The molecule has 0 spiro atoms. The zero-order chi connectivity index (χ0) is 17.1. The van der Waals surface area contributed by atoms with Crippen LogP contribution in [0.5, 0.6) is 0 Å². The Morgan fingerprint density at radius 2 is 2.12 bits per heavy atom. The van der Waals surface area contributed by atoms with Crippen LogP contribution in [0.2, 0.25) is 5.02 Å². The molecule has 1 amide bonds. The summed E-state index contributed by atoms with van der Waals surface area (Å²) in [6, 6.07) is 10.7. The minimum Gasteiger partial charge on any atom is -0.446 e. The number of nitrogens with one attached hydrogen (secondary N) is 1. The average molecular weight is 428 g/mol. The number of hydrogen-bond acceptors (Lipinski definition) is 5. The Hall–Kier alpha value is -1.77. The molecule has 1 aromatic carbocycles. The van der Waals surface area contributed by atoms with E-state index in [2.05, 4.69) is 31.4 Å². The van der Waals surface area contributed by atoms with Gasteiger partial charge in [0.05, 0.1) is 16.5 Å². The van der Waals surface area contributed by atoms with E-state index in [0.717, 1.165) is 0 Å². The summed E-state index contributed by atoms with van der Waals surface area (Å²) in [4.78, 5) is 12.1. The van der Waals surface area contributed by atoms with E-state index < -0.39 is 0 Å². The average Bonchev–Trinajstić information content (AvgIpc) is 3.13. The molecular weight excluding hydrogens is 416 g/mol. The summed E-state index contributed by atoms with van der Waals surface area (Å²) in [5, 5.41) is 12.1. The van der Waals surface area contributed by atoms with E-state index in [1.807, 2.05) is 13.1 Å². The summed E-state index contributed by atoms with van der Waals surface area (Å²) in [6.45, 7) is 0. The molecule has 0 radical (unpaired) electrons. The Bertz CT molecular complexity index is 880. The van der Waals surface area contributed by atoms with Gasteiger partial charge in [-0.1, -0.05) is 35.5 Å². The number of carbonyl (C=O) groups is 1. The van der Waals surface area contributed by atoms with Crippen molar-refractivity contribution in [2.75, 3.05) is 11.1 Å². The van der Waals surface area contributed by atoms with Crippen LogP contribution < -0.4 is 5.32 Å². The van der Waals surface area contributed by atoms with Crippen LogP contribution in [0.25, 0.3) is 11.6 Å². The van der Waals surface area contributed by atoms with Gasteiger partial charge in [-0.05, 0) is 40.2 Å². The number of hydrogen-bond donors (Lipinski definition) is 1. The minimum atomic E-state index is -0.168. The van der Waals surface area contributed by atoms with Crippen molar-refractivity contribution >= 4 is 50.9 Å². The van der Waals surface area contributed by atoms with Crippen molar-refractivity contribution in [1.29, 1.82) is 0 Å². The lowest BCUT2D eigenvalue weighted by molar-refractivity contribution is -0.113. The summed E-state index contributed by atoms with van der Waals surface area (Å²) in [7, 11) is 1.82. The van der Waals surface area contributed by atoms with Crippen molar-refractivity contribution in [2.24, 2.45) is 7.05 Å². The Balaban J connectivity index is 1.64. The van der Waals surface area contributed by atoms with Gasteiger partial charge in [0, 0.05) is 7.05 Å². The maximum absolute atomic E-state index is 12.1. The normalized spacial score (nSPS) is 10.8. The highest BCUT2D eigenvalue weighted by molar-refractivity contribution is 9.10. The number of thioether (sulfide) groups is 1. The molecule has 0 aliphatic heterocycles. The number of aromatic nitrogens is 3. The molecule has 6 nitrogen and oxygen atoms in total. The van der Waals surface area contributed by atoms with Gasteiger partial charge in [-0.25, -0.2) is 0 Å². The molecule has 0 saturated heterocycles. The molecule has 3 rings (SSSR count). The first-order valence-electron chi connectivity index (χ1n) is 6.87. The summed E-state index contributed by atoms with van der Waals surface area (Å²) >= 11 is 10.6. The maximum atomic E-state index is 12.1. The van der Waals surface area contributed by atoms with E-state index in [4.69, 9.17) is 16.0 Å². The highest BCUT2D eigenvalue weighted by atomic mass is 79.9. The third-order valence-corrected chi connectivity index (χ3v) is 4.88. The fraction of sp³-hybridized carbons (Fsp3) is 0.133. The molecule has 24 heavy (non-hydrogen) atoms. The predicted octanol–water partition coefficient (Wildman–Crippen LogP) is 4.22. The molecular formula is C15H12BrClN4O2S. The summed E-state index contributed by atoms with van der Waals surface area (Å²) in [5.74, 6) is 1.22. The summed E-state index contributed by atoms with van der Waals surface area (Å²) < 4.78 is 7.87. The van der Waals surface area contributed by atoms with Crippen LogP contribution in [0.1, 0.15) is 0 Å². The van der Waals surface area contributed by atoms with Crippen LogP contribution in [0.4, 0.5) is 5.69 Å². The molecule has 3 aromatic rings. The molecule has 2 aromatic heterocycles. The predicted molar refractivity (Wildman–Crippen MR) is 97.2 cm³/mol. The van der Waals surface area contributed by atoms with Gasteiger partial charge < -0.3 is 14.3 Å². The number of halogens is 2. The Labute approximate surface area is 155 Å².